The summed E-state index contributed by atoms with van der Waals surface area (Å²) in [5.41, 5.74) is 3.39. The minimum absolute atomic E-state index is 0.212. The molecule has 7 nitrogen and oxygen atoms in total. The lowest BCUT2D eigenvalue weighted by Crippen LogP contribution is -2.21. The summed E-state index contributed by atoms with van der Waals surface area (Å²) in [4.78, 5) is 16.7. The predicted octanol–water partition coefficient (Wildman–Crippen LogP) is 7.03. The highest BCUT2D eigenvalue weighted by Gasteiger charge is 2.39. The minimum atomic E-state index is -0.748. The van der Waals surface area contributed by atoms with E-state index in [0.29, 0.717) is 31.4 Å². The van der Waals surface area contributed by atoms with Gasteiger partial charge in [-0.15, -0.1) is 0 Å². The second-order valence-corrected chi connectivity index (χ2v) is 10.7. The van der Waals surface area contributed by atoms with E-state index < -0.39 is 11.9 Å². The number of hydrogen-bond donors (Lipinski definition) is 1. The first kappa shape index (κ1) is 29.7. The zero-order valence-corrected chi connectivity index (χ0v) is 24.1. The van der Waals surface area contributed by atoms with Gasteiger partial charge >= 0.3 is 5.97 Å². The number of rotatable bonds is 13. The third-order valence-corrected chi connectivity index (χ3v) is 7.15. The number of aliphatic hydroxyl groups is 1. The molecule has 4 rings (SSSR count). The molecule has 0 aliphatic carbocycles. The van der Waals surface area contributed by atoms with Crippen LogP contribution in [-0.2, 0) is 19.0 Å². The van der Waals surface area contributed by atoms with Crippen molar-refractivity contribution in [3.05, 3.63) is 78.1 Å². The lowest BCUT2D eigenvalue weighted by Gasteiger charge is -2.16. The number of carbonyl (C=O) groups is 1. The monoisotopic (exact) mass is 546 g/mol. The molecule has 2 aromatic carbocycles. The van der Waals surface area contributed by atoms with Crippen molar-refractivity contribution < 1.29 is 24.1 Å². The van der Waals surface area contributed by atoms with Crippen LogP contribution < -0.4 is 0 Å². The number of ether oxygens (including phenoxy) is 3. The number of hydrogen-bond acceptors (Lipinski definition) is 6. The fourth-order valence-corrected chi connectivity index (χ4v) is 5.18. The Labute approximate surface area is 237 Å². The lowest BCUT2D eigenvalue weighted by atomic mass is 10.0. The largest absolute Gasteiger partial charge is 0.469 e. The van der Waals surface area contributed by atoms with Gasteiger partial charge in [-0.2, -0.15) is 0 Å². The van der Waals surface area contributed by atoms with Crippen molar-refractivity contribution in [1.82, 2.24) is 9.55 Å². The van der Waals surface area contributed by atoms with Crippen LogP contribution in [0.2, 0.25) is 0 Å². The van der Waals surface area contributed by atoms with Gasteiger partial charge in [-0.05, 0) is 51.3 Å². The van der Waals surface area contributed by atoms with Crippen LogP contribution in [-0.4, -0.2) is 45.7 Å². The Kier molecular flexibility index (Phi) is 10.3. The average Bonchev–Trinajstić information content (AvgIpc) is 3.49. The van der Waals surface area contributed by atoms with Crippen molar-refractivity contribution in [2.45, 2.75) is 89.8 Å². The summed E-state index contributed by atoms with van der Waals surface area (Å²) in [6.07, 6.45) is 8.12. The van der Waals surface area contributed by atoms with E-state index in [2.05, 4.69) is 11.5 Å². The molecule has 7 heteroatoms. The van der Waals surface area contributed by atoms with Crippen molar-refractivity contribution in [1.29, 1.82) is 0 Å². The van der Waals surface area contributed by atoms with Gasteiger partial charge in [-0.25, -0.2) is 4.98 Å². The minimum Gasteiger partial charge on any atom is -0.469 e. The fourth-order valence-electron chi connectivity index (χ4n) is 5.18. The van der Waals surface area contributed by atoms with Crippen molar-refractivity contribution in [2.24, 2.45) is 0 Å². The number of unbranched alkanes of at least 4 members (excludes halogenated alkanes) is 2. The summed E-state index contributed by atoms with van der Waals surface area (Å²) in [6.45, 7) is 5.96. The Morgan fingerprint density at radius 3 is 2.45 bits per heavy atom. The molecule has 1 aliphatic rings. The second kappa shape index (κ2) is 13.9. The topological polar surface area (TPSA) is 82.8 Å². The summed E-state index contributed by atoms with van der Waals surface area (Å²) >= 11 is 0. The van der Waals surface area contributed by atoms with E-state index in [0.717, 1.165) is 42.0 Å². The fraction of sp³-hybridized carbons (Fsp3) is 0.455. The van der Waals surface area contributed by atoms with Gasteiger partial charge in [0.15, 0.2) is 5.79 Å². The predicted molar refractivity (Wildman–Crippen MR) is 157 cm³/mol. The molecule has 0 radical (unpaired) electrons. The van der Waals surface area contributed by atoms with Gasteiger partial charge in [0, 0.05) is 17.7 Å². The summed E-state index contributed by atoms with van der Waals surface area (Å²) in [6, 6.07) is 20.1. The molecule has 1 fully saturated rings. The van der Waals surface area contributed by atoms with Crippen LogP contribution in [0.15, 0.2) is 66.7 Å². The number of para-hydroxylation sites is 1. The summed E-state index contributed by atoms with van der Waals surface area (Å²) < 4.78 is 19.4. The summed E-state index contributed by atoms with van der Waals surface area (Å²) in [7, 11) is 1.40. The van der Waals surface area contributed by atoms with Gasteiger partial charge in [-0.1, -0.05) is 80.8 Å². The molecule has 0 amide bonds. The first-order valence-electron chi connectivity index (χ1n) is 14.3. The van der Waals surface area contributed by atoms with Crippen molar-refractivity contribution >= 4 is 12.0 Å². The number of esters is 1. The number of aliphatic hydroxyl groups excluding tert-OH is 1. The Morgan fingerprint density at radius 2 is 1.77 bits per heavy atom. The number of methoxy groups -OCH3 is 1. The zero-order valence-electron chi connectivity index (χ0n) is 24.1. The molecule has 0 saturated carbocycles. The Bertz CT molecular complexity index is 1250. The summed E-state index contributed by atoms with van der Waals surface area (Å²) in [5, 5.41) is 11.4. The van der Waals surface area contributed by atoms with Crippen LogP contribution in [0.3, 0.4) is 0 Å². The van der Waals surface area contributed by atoms with Gasteiger partial charge in [0.05, 0.1) is 30.7 Å². The van der Waals surface area contributed by atoms with Crippen LogP contribution in [0.4, 0.5) is 0 Å². The molecule has 40 heavy (non-hydrogen) atoms. The maximum Gasteiger partial charge on any atom is 0.305 e. The van der Waals surface area contributed by atoms with Crippen molar-refractivity contribution in [3.8, 4) is 17.1 Å². The van der Waals surface area contributed by atoms with Crippen molar-refractivity contribution in [2.75, 3.05) is 7.11 Å². The van der Waals surface area contributed by atoms with Gasteiger partial charge in [0.1, 0.15) is 11.9 Å². The van der Waals surface area contributed by atoms with Gasteiger partial charge in [0.2, 0.25) is 0 Å². The standard InChI is InChI=1S/C33H42N2O5/c1-5-6-9-19-27(36)31-26(22-23-29-28(39-33(2,3)40-29)20-14-21-30(37)38-4)35(25-17-12-8-13-18-25)32(34-31)24-15-10-7-11-16-24/h7-8,10-13,15-18,22-23,27-29,36H,5-6,9,14,19-21H2,1-4H3/b23-22+/t27-,28-,29+/m0/s1. The van der Waals surface area contributed by atoms with Gasteiger partial charge in [-0.3, -0.25) is 9.36 Å². The number of carbonyl (C=O) groups excluding carboxylic acids is 1. The zero-order chi connectivity index (χ0) is 28.5. The average molecular weight is 547 g/mol. The molecule has 3 aromatic rings. The van der Waals surface area contributed by atoms with Crippen LogP contribution >= 0.6 is 0 Å². The molecule has 1 N–H and O–H groups in total. The van der Waals surface area contributed by atoms with Crippen molar-refractivity contribution in [3.63, 3.8) is 0 Å². The first-order valence-corrected chi connectivity index (χ1v) is 14.3. The number of nitrogens with zero attached hydrogens (tertiary/aromatic N) is 2. The molecular formula is C33H42N2O5. The normalized spacial score (nSPS) is 19.2. The Hall–Kier alpha value is -3.26. The number of aromatic nitrogens is 2. The van der Waals surface area contributed by atoms with E-state index in [1.807, 2.05) is 86.7 Å². The number of benzene rings is 2. The summed E-state index contributed by atoms with van der Waals surface area (Å²) in [5.74, 6) is -0.204. The molecule has 2 heterocycles. The third kappa shape index (κ3) is 7.47. The van der Waals surface area contributed by atoms with E-state index in [4.69, 9.17) is 19.2 Å². The molecule has 1 saturated heterocycles. The molecule has 1 aromatic heterocycles. The first-order chi connectivity index (χ1) is 19.3. The smallest absolute Gasteiger partial charge is 0.305 e. The maximum absolute atomic E-state index is 11.7. The molecule has 214 valence electrons. The lowest BCUT2D eigenvalue weighted by molar-refractivity contribution is -0.144. The van der Waals surface area contributed by atoms with Gasteiger partial charge in [0.25, 0.3) is 0 Å². The Balaban J connectivity index is 1.75. The molecule has 3 atom stereocenters. The van der Waals surface area contributed by atoms with E-state index in [-0.39, 0.29) is 18.2 Å². The second-order valence-electron chi connectivity index (χ2n) is 10.7. The highest BCUT2D eigenvalue weighted by atomic mass is 16.7. The van der Waals surface area contributed by atoms with E-state index in [9.17, 15) is 9.90 Å². The number of imidazole rings is 1. The van der Waals surface area contributed by atoms with Crippen LogP contribution in [0.5, 0.6) is 0 Å². The van der Waals surface area contributed by atoms with Crippen LogP contribution in [0, 0.1) is 0 Å². The Morgan fingerprint density at radius 1 is 1.07 bits per heavy atom. The van der Waals surface area contributed by atoms with Gasteiger partial charge < -0.3 is 19.3 Å². The molecular weight excluding hydrogens is 504 g/mol. The molecule has 0 bridgehead atoms. The highest BCUT2D eigenvalue weighted by Crippen LogP contribution is 2.35. The highest BCUT2D eigenvalue weighted by molar-refractivity contribution is 5.69. The molecule has 1 aliphatic heterocycles. The van der Waals surface area contributed by atoms with E-state index in [1.165, 1.54) is 7.11 Å². The molecule has 0 spiro atoms. The quantitative estimate of drug-likeness (QED) is 0.183. The van der Waals surface area contributed by atoms with Crippen LogP contribution in [0.25, 0.3) is 23.2 Å². The third-order valence-electron chi connectivity index (χ3n) is 7.15. The molecule has 0 unspecified atom stereocenters. The SMILES string of the molecule is CCCCC[C@H](O)c1nc(-c2ccccc2)n(-c2ccccc2)c1/C=C/[C@H]1OC(C)(C)O[C@H]1CCCC(=O)OC. The maximum atomic E-state index is 11.7. The van der Waals surface area contributed by atoms with E-state index in [1.54, 1.807) is 0 Å². The van der Waals surface area contributed by atoms with E-state index >= 15 is 0 Å². The van der Waals surface area contributed by atoms with Crippen LogP contribution in [0.1, 0.15) is 83.2 Å².